The lowest BCUT2D eigenvalue weighted by atomic mass is 9.85. The van der Waals surface area contributed by atoms with E-state index in [-0.39, 0.29) is 37.1 Å². The highest BCUT2D eigenvalue weighted by atomic mass is 32.1. The number of fused-ring (bicyclic) bond motifs is 4. The molecule has 3 amide bonds. The number of amides is 3. The number of esters is 1. The van der Waals surface area contributed by atoms with Crippen LogP contribution in [0.25, 0.3) is 37.5 Å². The average Bonchev–Trinajstić information content (AvgIpc) is 4.16. The first-order chi connectivity index (χ1) is 32.9. The second kappa shape index (κ2) is 18.6. The molecule has 356 valence electrons. The zero-order valence-electron chi connectivity index (χ0n) is 39.9. The Balaban J connectivity index is 0.914. The van der Waals surface area contributed by atoms with Crippen LogP contribution in [0.5, 0.6) is 0 Å². The van der Waals surface area contributed by atoms with E-state index < -0.39 is 47.4 Å². The number of rotatable bonds is 11. The molecule has 3 aromatic carbocycles. The number of β-amino-alcohol motifs (C(OH)–C–C–N with tert-alkyl or cyclic N) is 1. The second-order valence-corrected chi connectivity index (χ2v) is 21.0. The van der Waals surface area contributed by atoms with E-state index in [9.17, 15) is 24.3 Å². The number of aliphatic hydroxyl groups is 1. The molecule has 2 aliphatic rings. The number of thiophene rings is 1. The van der Waals surface area contributed by atoms with Gasteiger partial charge in [-0.15, -0.1) is 32.9 Å². The summed E-state index contributed by atoms with van der Waals surface area (Å²) in [6, 6.07) is 20.3. The number of carbonyl (C=O) groups excluding carboxylic acids is 4. The van der Waals surface area contributed by atoms with Crippen LogP contribution < -0.4 is 10.6 Å². The van der Waals surface area contributed by atoms with E-state index in [0.29, 0.717) is 22.6 Å². The largest absolute Gasteiger partial charge is 0.469 e. The molecular weight excluding hydrogens is 913 g/mol. The summed E-state index contributed by atoms with van der Waals surface area (Å²) in [5.41, 5.74) is 9.82. The third-order valence-electron chi connectivity index (χ3n) is 13.1. The number of hydrogen-bond donors (Lipinski definition) is 3. The van der Waals surface area contributed by atoms with Crippen LogP contribution in [0.15, 0.2) is 87.7 Å². The monoisotopic (exact) mass is 966 g/mol. The van der Waals surface area contributed by atoms with Crippen molar-refractivity contribution < 1.29 is 33.4 Å². The number of nitrogens with one attached hydrogen (secondary N) is 2. The van der Waals surface area contributed by atoms with Crippen molar-refractivity contribution >= 4 is 63.0 Å². The molecule has 9 rings (SSSR count). The molecule has 0 saturated carbocycles. The van der Waals surface area contributed by atoms with Crippen molar-refractivity contribution in [3.63, 3.8) is 0 Å². The van der Waals surface area contributed by atoms with Crippen LogP contribution in [0.4, 0.5) is 0 Å². The van der Waals surface area contributed by atoms with Crippen molar-refractivity contribution in [1.29, 1.82) is 0 Å². The summed E-state index contributed by atoms with van der Waals surface area (Å²) in [6.07, 6.45) is -0.837. The smallest absolute Gasteiger partial charge is 0.308 e. The fourth-order valence-electron chi connectivity index (χ4n) is 9.13. The van der Waals surface area contributed by atoms with Crippen LogP contribution in [-0.4, -0.2) is 91.0 Å². The van der Waals surface area contributed by atoms with Crippen molar-refractivity contribution in [3.05, 3.63) is 129 Å². The van der Waals surface area contributed by atoms with Gasteiger partial charge in [0.05, 0.1) is 47.5 Å². The third-order valence-corrected chi connectivity index (χ3v) is 15.3. The molecule has 6 heterocycles. The van der Waals surface area contributed by atoms with Gasteiger partial charge in [0.15, 0.2) is 11.6 Å². The van der Waals surface area contributed by atoms with Gasteiger partial charge in [-0.25, -0.2) is 4.98 Å². The first kappa shape index (κ1) is 47.3. The van der Waals surface area contributed by atoms with Crippen molar-refractivity contribution in [2.75, 3.05) is 13.7 Å². The SMILES string of the molecule is COC(=O)C[C@@H]1N=C(c2ccc(-c3ccc4cc(C(=O)N[C@H](C(=O)N5C[C@H](O)C[C@H]5C(=O)N[C@@H](C)c5ccc(-c6scnc6C)cc5)C(C)(C)C)oc4c3)cc2)c2c(sc(C)c2C)-n2c(C)nnc21. The average molecular weight is 967 g/mol. The maximum absolute atomic E-state index is 14.4. The topological polar surface area (TPSA) is 194 Å². The summed E-state index contributed by atoms with van der Waals surface area (Å²) in [6.45, 7) is 15.4. The molecule has 4 aromatic heterocycles. The van der Waals surface area contributed by atoms with E-state index >= 15 is 0 Å². The summed E-state index contributed by atoms with van der Waals surface area (Å²) in [5.74, 6) is -0.533. The first-order valence-corrected chi connectivity index (χ1v) is 24.5. The number of carbonyl (C=O) groups is 4. The van der Waals surface area contributed by atoms with Gasteiger partial charge in [-0.3, -0.25) is 28.7 Å². The maximum Gasteiger partial charge on any atom is 0.308 e. The van der Waals surface area contributed by atoms with Gasteiger partial charge in [0.25, 0.3) is 5.91 Å². The number of aryl methyl sites for hydroxylation is 3. The Bertz CT molecular complexity index is 3160. The van der Waals surface area contributed by atoms with Crippen molar-refractivity contribution in [1.82, 2.24) is 35.3 Å². The van der Waals surface area contributed by atoms with Gasteiger partial charge in [0, 0.05) is 34.4 Å². The molecule has 0 radical (unpaired) electrons. The first-order valence-electron chi connectivity index (χ1n) is 22.8. The summed E-state index contributed by atoms with van der Waals surface area (Å²) in [4.78, 5) is 68.0. The lowest BCUT2D eigenvalue weighted by molar-refractivity contribution is -0.142. The fourth-order valence-corrected chi connectivity index (χ4v) is 11.2. The van der Waals surface area contributed by atoms with Gasteiger partial charge in [-0.2, -0.15) is 0 Å². The molecule has 1 fully saturated rings. The van der Waals surface area contributed by atoms with Gasteiger partial charge in [-0.05, 0) is 80.0 Å². The minimum Gasteiger partial charge on any atom is -0.469 e. The number of methoxy groups -OCH3 is 1. The Morgan fingerprint density at radius 2 is 1.61 bits per heavy atom. The van der Waals surface area contributed by atoms with E-state index in [1.165, 1.54) is 12.0 Å². The second-order valence-electron chi connectivity index (χ2n) is 18.9. The van der Waals surface area contributed by atoms with Crippen molar-refractivity contribution in [2.45, 2.75) is 98.5 Å². The molecule has 1 saturated heterocycles. The highest BCUT2D eigenvalue weighted by Gasteiger charge is 2.45. The summed E-state index contributed by atoms with van der Waals surface area (Å²) in [5, 5.41) is 27.2. The predicted octanol–water partition coefficient (Wildman–Crippen LogP) is 8.54. The number of aliphatic imine (C=N–C) groups is 1. The number of nitrogens with zero attached hydrogens (tertiary/aromatic N) is 6. The maximum atomic E-state index is 14.4. The molecule has 2 aliphatic heterocycles. The molecule has 7 aromatic rings. The summed E-state index contributed by atoms with van der Waals surface area (Å²) in [7, 11) is 1.36. The third kappa shape index (κ3) is 9.13. The number of aliphatic hydroxyl groups excluding tert-OH is 1. The van der Waals surface area contributed by atoms with E-state index in [0.717, 1.165) is 65.1 Å². The lowest BCUT2D eigenvalue weighted by Crippen LogP contribution is -2.57. The molecule has 0 aliphatic carbocycles. The van der Waals surface area contributed by atoms with Crippen LogP contribution in [0, 0.1) is 33.1 Å². The van der Waals surface area contributed by atoms with E-state index in [1.807, 2.05) is 118 Å². The molecule has 3 N–H and O–H groups in total. The normalized spacial score (nSPS) is 17.7. The number of benzene rings is 3. The van der Waals surface area contributed by atoms with Crippen LogP contribution >= 0.6 is 22.7 Å². The minimum atomic E-state index is -1.05. The van der Waals surface area contributed by atoms with E-state index in [4.69, 9.17) is 14.1 Å². The number of likely N-dealkylation sites (tertiary alicyclic amines) is 1. The van der Waals surface area contributed by atoms with Crippen LogP contribution in [0.3, 0.4) is 0 Å². The number of hydrogen-bond acceptors (Lipinski definition) is 13. The number of ether oxygens (including phenoxy) is 1. The number of thiazole rings is 1. The Morgan fingerprint density at radius 3 is 2.29 bits per heavy atom. The molecule has 5 atom stereocenters. The van der Waals surface area contributed by atoms with Gasteiger partial charge < -0.3 is 29.8 Å². The van der Waals surface area contributed by atoms with Crippen LogP contribution in [0.2, 0.25) is 0 Å². The Labute approximate surface area is 407 Å². The molecule has 0 spiro atoms. The van der Waals surface area contributed by atoms with E-state index in [1.54, 1.807) is 28.7 Å². The molecule has 15 nitrogen and oxygen atoms in total. The Morgan fingerprint density at radius 1 is 0.913 bits per heavy atom. The number of furan rings is 1. The fraction of sp³-hybridized carbons (Fsp3) is 0.346. The van der Waals surface area contributed by atoms with Gasteiger partial charge in [0.2, 0.25) is 11.8 Å². The van der Waals surface area contributed by atoms with Gasteiger partial charge in [-0.1, -0.05) is 81.4 Å². The quantitative estimate of drug-likeness (QED) is 0.106. The van der Waals surface area contributed by atoms with Gasteiger partial charge >= 0.3 is 5.97 Å². The molecule has 0 bridgehead atoms. The zero-order valence-corrected chi connectivity index (χ0v) is 41.5. The molecule has 17 heteroatoms. The molecule has 69 heavy (non-hydrogen) atoms. The van der Waals surface area contributed by atoms with Crippen molar-refractivity contribution in [2.24, 2.45) is 10.4 Å². The minimum absolute atomic E-state index is 0.00684. The standard InChI is InChI=1S/C52H54N8O7S2/c1-26-29(4)69-51-43(26)44(55-38(23-42(62)66-9)47-58-57-30(5)60(47)51)33-14-12-32(13-15-33)35-18-19-36-21-41(67-40(36)20-35)49(64)56-46(52(6,7)8)50(65)59-24-37(61)22-39(59)48(63)54-27(2)31-10-16-34(17-11-31)45-28(3)53-25-68-45/h10-21,25,27,37-39,46,61H,22-24H2,1-9H3,(H,54,63)(H,56,64)/t27-,37+,38-,39-,46+/m0/s1. The van der Waals surface area contributed by atoms with Crippen LogP contribution in [-0.2, 0) is 19.1 Å². The van der Waals surface area contributed by atoms with Crippen molar-refractivity contribution in [3.8, 4) is 26.6 Å². The van der Waals surface area contributed by atoms with E-state index in [2.05, 4.69) is 39.7 Å². The predicted molar refractivity (Wildman–Crippen MR) is 266 cm³/mol. The Kier molecular flexibility index (Phi) is 12.7. The van der Waals surface area contributed by atoms with Gasteiger partial charge in [0.1, 0.15) is 34.5 Å². The summed E-state index contributed by atoms with van der Waals surface area (Å²) < 4.78 is 13.2. The highest BCUT2D eigenvalue weighted by molar-refractivity contribution is 7.15. The molecular formula is C52H54N8O7S2. The van der Waals surface area contributed by atoms with Crippen LogP contribution in [0.1, 0.15) is 108 Å². The highest BCUT2D eigenvalue weighted by Crippen LogP contribution is 2.40. The zero-order chi connectivity index (χ0) is 49.1. The number of aromatic nitrogens is 4. The summed E-state index contributed by atoms with van der Waals surface area (Å²) >= 11 is 3.21. The lowest BCUT2D eigenvalue weighted by Gasteiger charge is -2.35. The molecule has 0 unspecified atom stereocenters. The Hall–Kier alpha value is -6.82.